The third kappa shape index (κ3) is 8.92. The highest BCUT2D eigenvalue weighted by molar-refractivity contribution is 6.74. The standard InChI is InChI=1S/C18H30N2O5Si/c1-7-23-16(21)15(20-19)17(22)24-13-11-9-8-10-12-14-25-26(5,6)18(2,3)4/h9-10H,7,11-14H2,1-6H3. The molecule has 146 valence electrons. The van der Waals surface area contributed by atoms with Crippen LogP contribution >= 0.6 is 0 Å². The Hall–Kier alpha value is -1.98. The number of carbonyl (C=O) groups is 2. The van der Waals surface area contributed by atoms with Gasteiger partial charge in [0.25, 0.3) is 0 Å². The smallest absolute Gasteiger partial charge is 0.457 e. The number of ether oxygens (including phenoxy) is 2. The molecule has 0 aliphatic rings. The van der Waals surface area contributed by atoms with Gasteiger partial charge < -0.3 is 19.4 Å². The summed E-state index contributed by atoms with van der Waals surface area (Å²) in [6.45, 7) is 13.4. The molecule has 0 spiro atoms. The Morgan fingerprint density at radius 3 is 2.12 bits per heavy atom. The van der Waals surface area contributed by atoms with E-state index in [1.54, 1.807) is 13.0 Å². The van der Waals surface area contributed by atoms with Crippen LogP contribution in [0.4, 0.5) is 0 Å². The van der Waals surface area contributed by atoms with E-state index in [-0.39, 0.29) is 18.3 Å². The molecule has 26 heavy (non-hydrogen) atoms. The fraction of sp³-hybridized carbons (Fsp3) is 0.667. The van der Waals surface area contributed by atoms with Gasteiger partial charge in [-0.1, -0.05) is 20.8 Å². The van der Waals surface area contributed by atoms with E-state index in [0.29, 0.717) is 13.0 Å². The van der Waals surface area contributed by atoms with E-state index in [2.05, 4.69) is 49.1 Å². The fourth-order valence-corrected chi connectivity index (χ4v) is 2.54. The van der Waals surface area contributed by atoms with E-state index in [1.165, 1.54) is 0 Å². The minimum atomic E-state index is -1.71. The van der Waals surface area contributed by atoms with E-state index in [0.717, 1.165) is 6.42 Å². The minimum Gasteiger partial charge on any atom is -0.457 e. The fourth-order valence-electron chi connectivity index (χ4n) is 1.48. The van der Waals surface area contributed by atoms with Crippen LogP contribution in [0.25, 0.3) is 5.53 Å². The van der Waals surface area contributed by atoms with Crippen LogP contribution in [0.5, 0.6) is 0 Å². The molecule has 0 saturated carbocycles. The first-order chi connectivity index (χ1) is 12.1. The summed E-state index contributed by atoms with van der Waals surface area (Å²) in [4.78, 5) is 25.5. The summed E-state index contributed by atoms with van der Waals surface area (Å²) in [7, 11) is -1.71. The molecular weight excluding hydrogens is 352 g/mol. The Morgan fingerprint density at radius 2 is 1.62 bits per heavy atom. The number of esters is 2. The van der Waals surface area contributed by atoms with Crippen LogP contribution in [0.3, 0.4) is 0 Å². The van der Waals surface area contributed by atoms with Crippen molar-refractivity contribution in [1.29, 1.82) is 0 Å². The van der Waals surface area contributed by atoms with Gasteiger partial charge in [-0.15, -0.1) is 5.73 Å². The number of nitrogens with zero attached hydrogens (tertiary/aromatic N) is 2. The summed E-state index contributed by atoms with van der Waals surface area (Å²) in [5, 5.41) is 0.191. The van der Waals surface area contributed by atoms with Gasteiger partial charge in [0.15, 0.2) is 8.32 Å². The summed E-state index contributed by atoms with van der Waals surface area (Å²) in [5.41, 5.74) is 10.9. The molecule has 0 aromatic carbocycles. The molecule has 0 aromatic heterocycles. The minimum absolute atomic E-state index is 0.0402. The van der Waals surface area contributed by atoms with Crippen LogP contribution in [0.1, 0.15) is 40.5 Å². The summed E-state index contributed by atoms with van der Waals surface area (Å²) in [5.74, 6) is -2.04. The van der Waals surface area contributed by atoms with Crippen molar-refractivity contribution >= 4 is 26.0 Å². The van der Waals surface area contributed by atoms with Crippen LogP contribution < -0.4 is 0 Å². The lowest BCUT2D eigenvalue weighted by atomic mass is 10.2. The van der Waals surface area contributed by atoms with Crippen LogP contribution in [0.15, 0.2) is 17.9 Å². The lowest BCUT2D eigenvalue weighted by Crippen LogP contribution is -2.40. The van der Waals surface area contributed by atoms with Crippen molar-refractivity contribution in [3.05, 3.63) is 23.4 Å². The number of hydrogen-bond donors (Lipinski definition) is 0. The van der Waals surface area contributed by atoms with Gasteiger partial charge in [-0.25, -0.2) is 9.59 Å². The van der Waals surface area contributed by atoms with Gasteiger partial charge in [-0.2, -0.15) is 4.79 Å². The quantitative estimate of drug-likeness (QED) is 0.0844. The highest BCUT2D eigenvalue weighted by Gasteiger charge is 2.36. The monoisotopic (exact) mass is 382 g/mol. The van der Waals surface area contributed by atoms with E-state index < -0.39 is 26.0 Å². The maximum absolute atomic E-state index is 11.6. The van der Waals surface area contributed by atoms with Crippen molar-refractivity contribution in [2.24, 2.45) is 0 Å². The zero-order chi connectivity index (χ0) is 20.2. The second-order valence-electron chi connectivity index (χ2n) is 7.07. The lowest BCUT2D eigenvalue weighted by molar-refractivity contribution is -0.148. The summed E-state index contributed by atoms with van der Waals surface area (Å²) in [6, 6.07) is 0. The normalized spacial score (nSPS) is 11.0. The highest BCUT2D eigenvalue weighted by atomic mass is 28.4. The molecule has 0 aromatic rings. The Labute approximate surface area is 156 Å². The first kappa shape index (κ1) is 24.0. The Balaban J connectivity index is 4.14. The largest absolute Gasteiger partial charge is 0.482 e. The van der Waals surface area contributed by atoms with Crippen molar-refractivity contribution in [3.63, 3.8) is 0 Å². The van der Waals surface area contributed by atoms with Gasteiger partial charge in [-0.3, -0.25) is 0 Å². The third-order valence-corrected chi connectivity index (χ3v) is 8.56. The van der Waals surface area contributed by atoms with Crippen LogP contribution in [-0.2, 0) is 23.5 Å². The molecule has 0 N–H and O–H groups in total. The van der Waals surface area contributed by atoms with Crippen molar-refractivity contribution < 1.29 is 28.3 Å². The predicted molar refractivity (Wildman–Crippen MR) is 101 cm³/mol. The maximum atomic E-state index is 11.6. The molecule has 0 heterocycles. The molecule has 0 rings (SSSR count). The van der Waals surface area contributed by atoms with Gasteiger partial charge in [0.2, 0.25) is 0 Å². The molecule has 0 unspecified atom stereocenters. The second-order valence-corrected chi connectivity index (χ2v) is 11.9. The Bertz CT molecular complexity index is 595. The maximum Gasteiger partial charge on any atom is 0.482 e. The lowest BCUT2D eigenvalue weighted by Gasteiger charge is -2.36. The topological polar surface area (TPSA) is 98.2 Å². The summed E-state index contributed by atoms with van der Waals surface area (Å²) < 4.78 is 15.5. The SMILES string of the molecule is CCOC(=O)C(=[N+]=[N-])C(=O)OCCC=C=CCCO[Si](C)(C)C(C)(C)C. The number of rotatable bonds is 10. The van der Waals surface area contributed by atoms with Crippen molar-refractivity contribution in [3.8, 4) is 0 Å². The molecule has 0 bridgehead atoms. The first-order valence-corrected chi connectivity index (χ1v) is 11.6. The predicted octanol–water partition coefficient (Wildman–Crippen LogP) is 3.28. The van der Waals surface area contributed by atoms with Crippen molar-refractivity contribution in [1.82, 2.24) is 0 Å². The van der Waals surface area contributed by atoms with Crippen LogP contribution in [-0.4, -0.2) is 50.6 Å². The average molecular weight is 383 g/mol. The zero-order valence-electron chi connectivity index (χ0n) is 16.6. The van der Waals surface area contributed by atoms with Crippen LogP contribution in [0.2, 0.25) is 18.1 Å². The summed E-state index contributed by atoms with van der Waals surface area (Å²) >= 11 is 0. The Morgan fingerprint density at radius 1 is 1.08 bits per heavy atom. The van der Waals surface area contributed by atoms with E-state index in [4.69, 9.17) is 14.7 Å². The zero-order valence-corrected chi connectivity index (χ0v) is 17.6. The average Bonchev–Trinajstić information content (AvgIpc) is 2.53. The van der Waals surface area contributed by atoms with Gasteiger partial charge in [0.1, 0.15) is 0 Å². The molecule has 0 aliphatic heterocycles. The second kappa shape index (κ2) is 11.6. The molecule has 0 atom stereocenters. The molecule has 0 radical (unpaired) electrons. The number of hydrogen-bond acceptors (Lipinski definition) is 5. The third-order valence-electron chi connectivity index (χ3n) is 4.02. The Kier molecular flexibility index (Phi) is 10.7. The first-order valence-electron chi connectivity index (χ1n) is 8.66. The summed E-state index contributed by atoms with van der Waals surface area (Å²) in [6.07, 6.45) is 4.77. The van der Waals surface area contributed by atoms with E-state index in [1.807, 2.05) is 6.08 Å². The van der Waals surface area contributed by atoms with Crippen LogP contribution in [0, 0.1) is 0 Å². The molecule has 7 nitrogen and oxygen atoms in total. The van der Waals surface area contributed by atoms with Gasteiger partial charge in [0, 0.05) is 13.0 Å². The molecule has 8 heteroatoms. The molecule has 0 saturated heterocycles. The van der Waals surface area contributed by atoms with Gasteiger partial charge in [0.05, 0.1) is 13.2 Å². The van der Waals surface area contributed by atoms with Gasteiger partial charge >= 0.3 is 17.7 Å². The van der Waals surface area contributed by atoms with Gasteiger partial charge in [-0.05, 0) is 43.6 Å². The molecule has 0 fully saturated rings. The molecular formula is C18H30N2O5Si. The number of carbonyl (C=O) groups excluding carboxylic acids is 2. The van der Waals surface area contributed by atoms with E-state index >= 15 is 0 Å². The molecule has 0 amide bonds. The van der Waals surface area contributed by atoms with E-state index in [9.17, 15) is 9.59 Å². The van der Waals surface area contributed by atoms with Crippen molar-refractivity contribution in [2.45, 2.75) is 58.7 Å². The molecule has 0 aliphatic carbocycles. The highest BCUT2D eigenvalue weighted by Crippen LogP contribution is 2.36. The van der Waals surface area contributed by atoms with Crippen molar-refractivity contribution in [2.75, 3.05) is 19.8 Å².